The van der Waals surface area contributed by atoms with E-state index in [1.54, 1.807) is 0 Å². The van der Waals surface area contributed by atoms with E-state index in [9.17, 15) is 9.59 Å². The van der Waals surface area contributed by atoms with Gasteiger partial charge < -0.3 is 19.5 Å². The van der Waals surface area contributed by atoms with Crippen molar-refractivity contribution >= 4 is 30.7 Å². The molecule has 0 unspecified atom stereocenters. The zero-order chi connectivity index (χ0) is 16.7. The van der Waals surface area contributed by atoms with Crippen LogP contribution in [0, 0.1) is 0 Å². The summed E-state index contributed by atoms with van der Waals surface area (Å²) < 4.78 is 11.6. The molecule has 9 nitrogen and oxygen atoms in total. The topological polar surface area (TPSA) is 122 Å². The van der Waals surface area contributed by atoms with Crippen LogP contribution in [0.1, 0.15) is 27.7 Å². The molecule has 0 aromatic carbocycles. The van der Waals surface area contributed by atoms with Gasteiger partial charge in [0.2, 0.25) is 5.95 Å². The number of hydrogen-bond acceptors (Lipinski definition) is 6. The van der Waals surface area contributed by atoms with Crippen LogP contribution >= 0.6 is 0 Å². The highest BCUT2D eigenvalue weighted by molar-refractivity contribution is 6.61. The second kappa shape index (κ2) is 5.22. The van der Waals surface area contributed by atoms with Crippen molar-refractivity contribution in [3.05, 3.63) is 12.4 Å². The number of anilines is 1. The number of carboxylic acid groups (broad SMARTS) is 2. The standard InChI is InChI=1S/C12H16BN3O6/c1-11(2)12(3,4)22-13(21-11)7-5-14-8(15-6-7)16(9(17)18)10(19)20/h5-6H,1-4H3,(H,17,18)(H,19,20). The Hall–Kier alpha value is -2.20. The molecule has 2 heterocycles. The lowest BCUT2D eigenvalue weighted by Gasteiger charge is -2.32. The van der Waals surface area contributed by atoms with Crippen LogP contribution in [0.25, 0.3) is 0 Å². The molecule has 1 saturated heterocycles. The van der Waals surface area contributed by atoms with Crippen LogP contribution in [-0.2, 0) is 9.31 Å². The van der Waals surface area contributed by atoms with Crippen LogP contribution in [-0.4, -0.2) is 50.7 Å². The number of rotatable bonds is 2. The second-order valence-corrected chi connectivity index (χ2v) is 5.81. The second-order valence-electron chi connectivity index (χ2n) is 5.81. The number of carbonyl (C=O) groups is 2. The smallest absolute Gasteiger partial charge is 0.464 e. The summed E-state index contributed by atoms with van der Waals surface area (Å²) in [6, 6.07) is 0. The summed E-state index contributed by atoms with van der Waals surface area (Å²) in [4.78, 5) is 29.3. The van der Waals surface area contributed by atoms with E-state index >= 15 is 0 Å². The van der Waals surface area contributed by atoms with Crippen molar-refractivity contribution < 1.29 is 29.1 Å². The SMILES string of the molecule is CC1(C)OB(c2cnc(N(C(=O)O)C(=O)O)nc2)OC1(C)C. The van der Waals surface area contributed by atoms with Crippen LogP contribution in [0.2, 0.25) is 0 Å². The molecule has 22 heavy (non-hydrogen) atoms. The van der Waals surface area contributed by atoms with Gasteiger partial charge in [-0.3, -0.25) is 0 Å². The number of nitrogens with zero attached hydrogens (tertiary/aromatic N) is 3. The highest BCUT2D eigenvalue weighted by Gasteiger charge is 2.52. The number of hydrogen-bond donors (Lipinski definition) is 2. The molecule has 0 saturated carbocycles. The first-order valence-electron chi connectivity index (χ1n) is 6.49. The predicted octanol–water partition coefficient (Wildman–Crippen LogP) is 0.938. The molecule has 1 fully saturated rings. The lowest BCUT2D eigenvalue weighted by atomic mass is 9.81. The van der Waals surface area contributed by atoms with Gasteiger partial charge >= 0.3 is 19.3 Å². The zero-order valence-corrected chi connectivity index (χ0v) is 12.6. The fourth-order valence-corrected chi connectivity index (χ4v) is 1.80. The molecule has 2 amide bonds. The minimum atomic E-state index is -1.68. The lowest BCUT2D eigenvalue weighted by molar-refractivity contribution is 0.00578. The molecule has 118 valence electrons. The third kappa shape index (κ3) is 2.74. The maximum absolute atomic E-state index is 10.9. The van der Waals surface area contributed by atoms with Crippen LogP contribution in [0.15, 0.2) is 12.4 Å². The van der Waals surface area contributed by atoms with E-state index in [0.717, 1.165) is 0 Å². The van der Waals surface area contributed by atoms with Gasteiger partial charge in [-0.25, -0.2) is 19.6 Å². The molecule has 1 aliphatic rings. The van der Waals surface area contributed by atoms with Gasteiger partial charge in [0.05, 0.1) is 11.2 Å². The van der Waals surface area contributed by atoms with Crippen molar-refractivity contribution in [3.8, 4) is 0 Å². The molecule has 2 N–H and O–H groups in total. The molecule has 0 aliphatic carbocycles. The minimum absolute atomic E-state index is 0.0218. The van der Waals surface area contributed by atoms with E-state index < -0.39 is 36.5 Å². The van der Waals surface area contributed by atoms with Gasteiger partial charge in [0.1, 0.15) is 0 Å². The maximum Gasteiger partial charge on any atom is 0.498 e. The molecule has 1 aliphatic heterocycles. The summed E-state index contributed by atoms with van der Waals surface area (Å²) in [6.07, 6.45) is -0.807. The normalized spacial score (nSPS) is 19.0. The minimum Gasteiger partial charge on any atom is -0.464 e. The molecule has 1 aromatic rings. The van der Waals surface area contributed by atoms with E-state index in [1.807, 2.05) is 27.7 Å². The van der Waals surface area contributed by atoms with Gasteiger partial charge in [0.15, 0.2) is 0 Å². The Kier molecular flexibility index (Phi) is 3.84. The lowest BCUT2D eigenvalue weighted by Crippen LogP contribution is -2.41. The highest BCUT2D eigenvalue weighted by atomic mass is 16.7. The van der Waals surface area contributed by atoms with Crippen molar-refractivity contribution in [2.24, 2.45) is 0 Å². The molecule has 1 aromatic heterocycles. The van der Waals surface area contributed by atoms with Crippen molar-refractivity contribution in [2.75, 3.05) is 4.90 Å². The van der Waals surface area contributed by atoms with E-state index in [4.69, 9.17) is 19.5 Å². The van der Waals surface area contributed by atoms with Crippen LogP contribution in [0.5, 0.6) is 0 Å². The van der Waals surface area contributed by atoms with Crippen molar-refractivity contribution in [1.82, 2.24) is 9.97 Å². The molecular formula is C12H16BN3O6. The quantitative estimate of drug-likeness (QED) is 0.774. The number of amides is 2. The molecule has 2 rings (SSSR count). The number of aromatic nitrogens is 2. The third-order valence-electron chi connectivity index (χ3n) is 3.77. The average molecular weight is 309 g/mol. The van der Waals surface area contributed by atoms with E-state index in [-0.39, 0.29) is 4.90 Å². The van der Waals surface area contributed by atoms with Gasteiger partial charge in [0, 0.05) is 17.9 Å². The van der Waals surface area contributed by atoms with E-state index in [2.05, 4.69) is 9.97 Å². The molecule has 0 atom stereocenters. The fraction of sp³-hybridized carbons (Fsp3) is 0.500. The maximum atomic E-state index is 10.9. The molecule has 0 radical (unpaired) electrons. The van der Waals surface area contributed by atoms with Crippen LogP contribution in [0.3, 0.4) is 0 Å². The Morgan fingerprint density at radius 1 is 1.05 bits per heavy atom. The average Bonchev–Trinajstić information content (AvgIpc) is 2.58. The van der Waals surface area contributed by atoms with E-state index in [1.165, 1.54) is 12.4 Å². The van der Waals surface area contributed by atoms with Crippen molar-refractivity contribution in [1.29, 1.82) is 0 Å². The Labute approximate surface area is 127 Å². The van der Waals surface area contributed by atoms with Crippen molar-refractivity contribution in [3.63, 3.8) is 0 Å². The van der Waals surface area contributed by atoms with Gasteiger partial charge in [-0.05, 0) is 27.7 Å². The zero-order valence-electron chi connectivity index (χ0n) is 12.6. The third-order valence-corrected chi connectivity index (χ3v) is 3.77. The summed E-state index contributed by atoms with van der Waals surface area (Å²) in [6.45, 7) is 7.55. The molecule has 0 bridgehead atoms. The monoisotopic (exact) mass is 309 g/mol. The predicted molar refractivity (Wildman–Crippen MR) is 76.3 cm³/mol. The van der Waals surface area contributed by atoms with Crippen LogP contribution < -0.4 is 10.4 Å². The Bertz CT molecular complexity index is 573. The fourth-order valence-electron chi connectivity index (χ4n) is 1.80. The van der Waals surface area contributed by atoms with Gasteiger partial charge in [-0.1, -0.05) is 0 Å². The summed E-state index contributed by atoms with van der Waals surface area (Å²) in [5.74, 6) is -0.458. The summed E-state index contributed by atoms with van der Waals surface area (Å²) in [7, 11) is -0.706. The van der Waals surface area contributed by atoms with Gasteiger partial charge in [-0.2, -0.15) is 0 Å². The Morgan fingerprint density at radius 3 is 1.82 bits per heavy atom. The highest BCUT2D eigenvalue weighted by Crippen LogP contribution is 2.36. The van der Waals surface area contributed by atoms with E-state index in [0.29, 0.717) is 5.46 Å². The summed E-state index contributed by atoms with van der Waals surface area (Å²) in [5, 5.41) is 17.7. The molecule has 10 heteroatoms. The van der Waals surface area contributed by atoms with Gasteiger partial charge in [0.25, 0.3) is 0 Å². The Balaban J connectivity index is 2.24. The first-order chi connectivity index (χ1) is 10.0. The summed E-state index contributed by atoms with van der Waals surface area (Å²) in [5.41, 5.74) is -0.604. The number of imide groups is 1. The molecular weight excluding hydrogens is 293 g/mol. The first-order valence-corrected chi connectivity index (χ1v) is 6.49. The molecule has 0 spiro atoms. The summed E-state index contributed by atoms with van der Waals surface area (Å²) >= 11 is 0. The largest absolute Gasteiger partial charge is 0.498 e. The van der Waals surface area contributed by atoms with Gasteiger partial charge in [-0.15, -0.1) is 4.90 Å². The van der Waals surface area contributed by atoms with Crippen LogP contribution in [0.4, 0.5) is 15.5 Å². The van der Waals surface area contributed by atoms with Crippen molar-refractivity contribution in [2.45, 2.75) is 38.9 Å². The Morgan fingerprint density at radius 2 is 1.45 bits per heavy atom. The first kappa shape index (κ1) is 16.2.